The molecule has 0 atom stereocenters. The van der Waals surface area contributed by atoms with E-state index in [4.69, 9.17) is 5.73 Å². The number of rotatable bonds is 4. The maximum atomic E-state index is 11.4. The van der Waals surface area contributed by atoms with Gasteiger partial charge >= 0.3 is 0 Å². The third-order valence-corrected chi connectivity index (χ3v) is 2.40. The van der Waals surface area contributed by atoms with Gasteiger partial charge in [-0.1, -0.05) is 0 Å². The molecule has 4 nitrogen and oxygen atoms in total. The molecule has 78 valence electrons. The molecule has 0 saturated carbocycles. The van der Waals surface area contributed by atoms with E-state index in [-0.39, 0.29) is 11.4 Å². The van der Waals surface area contributed by atoms with Crippen LogP contribution in [0.3, 0.4) is 0 Å². The van der Waals surface area contributed by atoms with Crippen LogP contribution in [-0.4, -0.2) is 55.5 Å². The Morgan fingerprint density at radius 2 is 1.77 bits per heavy atom. The normalized spacial score (nSPS) is 11.9. The maximum Gasteiger partial charge on any atom is 0.236 e. The van der Waals surface area contributed by atoms with Gasteiger partial charge < -0.3 is 10.6 Å². The highest BCUT2D eigenvalue weighted by Gasteiger charge is 2.23. The minimum atomic E-state index is -0.119. The largest absolute Gasteiger partial charge is 0.348 e. The van der Waals surface area contributed by atoms with Crippen molar-refractivity contribution in [1.82, 2.24) is 9.80 Å². The predicted molar refractivity (Wildman–Crippen MR) is 54.5 cm³/mol. The van der Waals surface area contributed by atoms with E-state index in [1.54, 1.807) is 19.0 Å². The van der Waals surface area contributed by atoms with Crippen molar-refractivity contribution in [3.05, 3.63) is 0 Å². The van der Waals surface area contributed by atoms with Gasteiger partial charge in [-0.25, -0.2) is 0 Å². The van der Waals surface area contributed by atoms with E-state index < -0.39 is 0 Å². The van der Waals surface area contributed by atoms with Crippen LogP contribution < -0.4 is 5.73 Å². The van der Waals surface area contributed by atoms with Crippen molar-refractivity contribution >= 4 is 5.91 Å². The maximum absolute atomic E-state index is 11.4. The second-order valence-electron chi connectivity index (χ2n) is 4.16. The smallest absolute Gasteiger partial charge is 0.236 e. The Morgan fingerprint density at radius 3 is 2.08 bits per heavy atom. The van der Waals surface area contributed by atoms with Crippen LogP contribution >= 0.6 is 0 Å². The second-order valence-corrected chi connectivity index (χ2v) is 4.16. The number of nitrogens with two attached hydrogens (primary N) is 1. The zero-order valence-corrected chi connectivity index (χ0v) is 9.29. The SMILES string of the molecule is CN(C)C(=O)CN(C)C(C)(C)CN. The van der Waals surface area contributed by atoms with E-state index in [1.165, 1.54) is 0 Å². The van der Waals surface area contributed by atoms with Gasteiger partial charge in [0.2, 0.25) is 5.91 Å². The molecule has 0 rings (SSSR count). The van der Waals surface area contributed by atoms with Crippen LogP contribution in [0.5, 0.6) is 0 Å². The number of carbonyl (C=O) groups is 1. The fourth-order valence-electron chi connectivity index (χ4n) is 0.714. The Morgan fingerprint density at radius 1 is 1.31 bits per heavy atom. The van der Waals surface area contributed by atoms with Crippen LogP contribution in [0, 0.1) is 0 Å². The lowest BCUT2D eigenvalue weighted by Crippen LogP contribution is -2.50. The second kappa shape index (κ2) is 4.58. The summed E-state index contributed by atoms with van der Waals surface area (Å²) in [6.45, 7) is 5.01. The third-order valence-electron chi connectivity index (χ3n) is 2.40. The molecule has 0 radical (unpaired) electrons. The highest BCUT2D eigenvalue weighted by atomic mass is 16.2. The zero-order chi connectivity index (χ0) is 10.6. The summed E-state index contributed by atoms with van der Waals surface area (Å²) >= 11 is 0. The summed E-state index contributed by atoms with van der Waals surface area (Å²) in [5.41, 5.74) is 5.47. The number of likely N-dealkylation sites (N-methyl/N-ethyl adjacent to an activating group) is 2. The van der Waals surface area contributed by atoms with Crippen molar-refractivity contribution in [3.63, 3.8) is 0 Å². The highest BCUT2D eigenvalue weighted by Crippen LogP contribution is 2.09. The molecule has 13 heavy (non-hydrogen) atoms. The van der Waals surface area contributed by atoms with E-state index in [2.05, 4.69) is 0 Å². The van der Waals surface area contributed by atoms with Crippen LogP contribution in [0.25, 0.3) is 0 Å². The highest BCUT2D eigenvalue weighted by molar-refractivity contribution is 5.77. The fourth-order valence-corrected chi connectivity index (χ4v) is 0.714. The van der Waals surface area contributed by atoms with Crippen molar-refractivity contribution in [2.75, 3.05) is 34.2 Å². The minimum Gasteiger partial charge on any atom is -0.348 e. The Hall–Kier alpha value is -0.610. The fraction of sp³-hybridized carbons (Fsp3) is 0.889. The molecule has 0 fully saturated rings. The molecule has 0 bridgehead atoms. The number of hydrogen-bond acceptors (Lipinski definition) is 3. The molecular weight excluding hydrogens is 166 g/mol. The van der Waals surface area contributed by atoms with Gasteiger partial charge in [0.15, 0.2) is 0 Å². The van der Waals surface area contributed by atoms with Crippen molar-refractivity contribution in [2.45, 2.75) is 19.4 Å². The lowest BCUT2D eigenvalue weighted by atomic mass is 10.0. The average Bonchev–Trinajstić information content (AvgIpc) is 2.04. The summed E-state index contributed by atoms with van der Waals surface area (Å²) in [5.74, 6) is 0.101. The summed E-state index contributed by atoms with van der Waals surface area (Å²) in [5, 5.41) is 0. The Balaban J connectivity index is 4.15. The number of amides is 1. The minimum absolute atomic E-state index is 0.101. The van der Waals surface area contributed by atoms with Crippen LogP contribution in [-0.2, 0) is 4.79 Å². The molecule has 0 aromatic rings. The monoisotopic (exact) mass is 187 g/mol. The Kier molecular flexibility index (Phi) is 4.36. The van der Waals surface area contributed by atoms with Crippen LogP contribution in [0.15, 0.2) is 0 Å². The van der Waals surface area contributed by atoms with Crippen LogP contribution in [0.1, 0.15) is 13.8 Å². The van der Waals surface area contributed by atoms with E-state index in [0.717, 1.165) is 0 Å². The lowest BCUT2D eigenvalue weighted by molar-refractivity contribution is -0.130. The van der Waals surface area contributed by atoms with Gasteiger partial charge in [-0.05, 0) is 20.9 Å². The Labute approximate surface area is 80.7 Å². The van der Waals surface area contributed by atoms with Gasteiger partial charge in [0.25, 0.3) is 0 Å². The molecule has 0 saturated heterocycles. The molecule has 2 N–H and O–H groups in total. The summed E-state index contributed by atoms with van der Waals surface area (Å²) in [4.78, 5) is 14.9. The van der Waals surface area contributed by atoms with E-state index >= 15 is 0 Å². The molecule has 1 amide bonds. The van der Waals surface area contributed by atoms with E-state index in [1.807, 2.05) is 25.8 Å². The summed E-state index contributed by atoms with van der Waals surface area (Å²) < 4.78 is 0. The number of carbonyl (C=O) groups excluding carboxylic acids is 1. The van der Waals surface area contributed by atoms with Crippen molar-refractivity contribution in [3.8, 4) is 0 Å². The lowest BCUT2D eigenvalue weighted by Gasteiger charge is -2.34. The molecule has 0 spiro atoms. The van der Waals surface area contributed by atoms with E-state index in [9.17, 15) is 4.79 Å². The third kappa shape index (κ3) is 3.74. The van der Waals surface area contributed by atoms with Gasteiger partial charge in [-0.3, -0.25) is 9.69 Å². The molecule has 0 aromatic carbocycles. The molecular formula is C9H21N3O. The first kappa shape index (κ1) is 12.4. The first-order valence-corrected chi connectivity index (χ1v) is 4.42. The molecule has 0 heterocycles. The number of nitrogens with zero attached hydrogens (tertiary/aromatic N) is 2. The molecule has 0 aliphatic carbocycles. The van der Waals surface area contributed by atoms with Gasteiger partial charge in [-0.2, -0.15) is 0 Å². The van der Waals surface area contributed by atoms with Gasteiger partial charge in [0, 0.05) is 26.2 Å². The molecule has 0 unspecified atom stereocenters. The topological polar surface area (TPSA) is 49.6 Å². The molecule has 0 aromatic heterocycles. The first-order valence-electron chi connectivity index (χ1n) is 4.42. The van der Waals surface area contributed by atoms with Gasteiger partial charge in [-0.15, -0.1) is 0 Å². The summed E-state index contributed by atoms with van der Waals surface area (Å²) in [6.07, 6.45) is 0. The average molecular weight is 187 g/mol. The van der Waals surface area contributed by atoms with Crippen molar-refractivity contribution < 1.29 is 4.79 Å². The van der Waals surface area contributed by atoms with E-state index in [0.29, 0.717) is 13.1 Å². The quantitative estimate of drug-likeness (QED) is 0.660. The standard InChI is InChI=1S/C9H21N3O/c1-9(2,7-10)12(5)6-8(13)11(3)4/h6-7,10H2,1-5H3. The van der Waals surface area contributed by atoms with Crippen molar-refractivity contribution in [1.29, 1.82) is 0 Å². The Bertz CT molecular complexity index is 178. The molecule has 0 aliphatic heterocycles. The number of hydrogen-bond donors (Lipinski definition) is 1. The molecule has 4 heteroatoms. The van der Waals surface area contributed by atoms with Gasteiger partial charge in [0.1, 0.15) is 0 Å². The van der Waals surface area contributed by atoms with Crippen LogP contribution in [0.4, 0.5) is 0 Å². The molecule has 0 aliphatic rings. The predicted octanol–water partition coefficient (Wildman–Crippen LogP) is -0.256. The van der Waals surface area contributed by atoms with Gasteiger partial charge in [0.05, 0.1) is 6.54 Å². The summed E-state index contributed by atoms with van der Waals surface area (Å²) in [7, 11) is 5.42. The van der Waals surface area contributed by atoms with Crippen LogP contribution in [0.2, 0.25) is 0 Å². The van der Waals surface area contributed by atoms with Crippen molar-refractivity contribution in [2.24, 2.45) is 5.73 Å². The summed E-state index contributed by atoms with van der Waals surface area (Å²) in [6, 6.07) is 0. The zero-order valence-electron chi connectivity index (χ0n) is 9.29. The first-order chi connectivity index (χ1) is 5.81.